The van der Waals surface area contributed by atoms with Crippen LogP contribution < -0.4 is 10.6 Å². The summed E-state index contributed by atoms with van der Waals surface area (Å²) in [7, 11) is 0. The van der Waals surface area contributed by atoms with Gasteiger partial charge < -0.3 is 15.7 Å². The van der Waals surface area contributed by atoms with Crippen LogP contribution in [0.2, 0.25) is 0 Å². The Balaban J connectivity index is 1.68. The molecule has 0 aromatic heterocycles. The van der Waals surface area contributed by atoms with Crippen LogP contribution in [0.15, 0.2) is 0 Å². The van der Waals surface area contributed by atoms with Crippen LogP contribution in [0.4, 0.5) is 0 Å². The molecule has 1 amide bonds. The average molecular weight is 198 g/mol. The highest BCUT2D eigenvalue weighted by Gasteiger charge is 2.42. The number of nitrogens with one attached hydrogen (secondary N) is 2. The molecule has 0 unspecified atom stereocenters. The third-order valence-electron chi connectivity index (χ3n) is 3.39. The van der Waals surface area contributed by atoms with Crippen molar-refractivity contribution in [3.05, 3.63) is 0 Å². The highest BCUT2D eigenvalue weighted by Crippen LogP contribution is 2.47. The van der Waals surface area contributed by atoms with Crippen LogP contribution in [0.3, 0.4) is 0 Å². The van der Waals surface area contributed by atoms with Gasteiger partial charge in [0.2, 0.25) is 5.91 Å². The van der Waals surface area contributed by atoms with E-state index in [-0.39, 0.29) is 23.8 Å². The third kappa shape index (κ3) is 2.07. The molecule has 2 aliphatic rings. The number of carbonyl (C=O) groups excluding carboxylic acids is 1. The summed E-state index contributed by atoms with van der Waals surface area (Å²) in [5.74, 6) is 0.355. The van der Waals surface area contributed by atoms with E-state index in [4.69, 9.17) is 5.11 Å². The fourth-order valence-corrected chi connectivity index (χ4v) is 1.82. The topological polar surface area (TPSA) is 61.4 Å². The van der Waals surface area contributed by atoms with Crippen LogP contribution in [-0.4, -0.2) is 37.3 Å². The van der Waals surface area contributed by atoms with Crippen molar-refractivity contribution in [2.75, 3.05) is 26.2 Å². The zero-order valence-electron chi connectivity index (χ0n) is 8.38. The van der Waals surface area contributed by atoms with Gasteiger partial charge in [-0.3, -0.25) is 4.79 Å². The molecule has 0 atom stereocenters. The van der Waals surface area contributed by atoms with Gasteiger partial charge in [0.05, 0.1) is 5.92 Å². The molecular weight excluding hydrogens is 180 g/mol. The lowest BCUT2D eigenvalue weighted by molar-refractivity contribution is -0.126. The summed E-state index contributed by atoms with van der Waals surface area (Å²) in [6.07, 6.45) is 3.13. The van der Waals surface area contributed by atoms with E-state index in [0.717, 1.165) is 38.9 Å². The van der Waals surface area contributed by atoms with E-state index >= 15 is 0 Å². The molecule has 0 bridgehead atoms. The maximum absolute atomic E-state index is 11.5. The third-order valence-corrected chi connectivity index (χ3v) is 3.39. The van der Waals surface area contributed by atoms with Crippen molar-refractivity contribution >= 4 is 5.91 Å². The first-order valence-corrected chi connectivity index (χ1v) is 5.35. The summed E-state index contributed by atoms with van der Waals surface area (Å²) < 4.78 is 0. The normalized spacial score (nSPS) is 24.1. The van der Waals surface area contributed by atoms with Gasteiger partial charge in [-0.05, 0) is 24.7 Å². The lowest BCUT2D eigenvalue weighted by atomic mass is 10.00. The van der Waals surface area contributed by atoms with Crippen LogP contribution in [0, 0.1) is 11.3 Å². The molecule has 1 aliphatic heterocycles. The van der Waals surface area contributed by atoms with E-state index in [0.29, 0.717) is 0 Å². The number of amides is 1. The molecule has 1 heterocycles. The van der Waals surface area contributed by atoms with Crippen molar-refractivity contribution in [3.63, 3.8) is 0 Å². The summed E-state index contributed by atoms with van der Waals surface area (Å²) >= 11 is 0. The number of hydrogen-bond donors (Lipinski definition) is 3. The molecule has 1 aliphatic carbocycles. The predicted molar refractivity (Wildman–Crippen MR) is 52.7 cm³/mol. The molecular formula is C10H18N2O2. The predicted octanol–water partition coefficient (Wildman–Crippen LogP) is -0.515. The molecule has 0 aromatic rings. The molecule has 2 rings (SSSR count). The van der Waals surface area contributed by atoms with Gasteiger partial charge in [-0.25, -0.2) is 0 Å². The molecule has 80 valence electrons. The van der Waals surface area contributed by atoms with E-state index in [1.165, 1.54) is 0 Å². The molecule has 2 fully saturated rings. The second-order valence-corrected chi connectivity index (χ2v) is 4.55. The Labute approximate surface area is 84.1 Å². The van der Waals surface area contributed by atoms with Crippen LogP contribution in [0.25, 0.3) is 0 Å². The van der Waals surface area contributed by atoms with Gasteiger partial charge in [0.15, 0.2) is 0 Å². The maximum Gasteiger partial charge on any atom is 0.225 e. The Hall–Kier alpha value is -0.610. The molecule has 14 heavy (non-hydrogen) atoms. The standard InChI is InChI=1S/C10H18N2O2/c13-4-3-10(1-2-10)7-12-9(14)8-5-11-6-8/h8,11,13H,1-7H2,(H,12,14). The van der Waals surface area contributed by atoms with Crippen LogP contribution in [0.5, 0.6) is 0 Å². The second kappa shape index (κ2) is 3.87. The first-order chi connectivity index (χ1) is 6.76. The van der Waals surface area contributed by atoms with Crippen molar-refractivity contribution in [2.45, 2.75) is 19.3 Å². The highest BCUT2D eigenvalue weighted by atomic mass is 16.3. The van der Waals surface area contributed by atoms with E-state index < -0.39 is 0 Å². The van der Waals surface area contributed by atoms with Gasteiger partial charge >= 0.3 is 0 Å². The van der Waals surface area contributed by atoms with Crippen molar-refractivity contribution in [1.29, 1.82) is 0 Å². The lowest BCUT2D eigenvalue weighted by Gasteiger charge is -2.26. The largest absolute Gasteiger partial charge is 0.396 e. The van der Waals surface area contributed by atoms with Crippen LogP contribution >= 0.6 is 0 Å². The van der Waals surface area contributed by atoms with E-state index in [1.807, 2.05) is 0 Å². The minimum atomic E-state index is 0.174. The zero-order chi connectivity index (χ0) is 10.0. The molecule has 0 aromatic carbocycles. The molecule has 4 nitrogen and oxygen atoms in total. The smallest absolute Gasteiger partial charge is 0.225 e. The molecule has 3 N–H and O–H groups in total. The molecule has 4 heteroatoms. The summed E-state index contributed by atoms with van der Waals surface area (Å²) in [5.41, 5.74) is 0.238. The van der Waals surface area contributed by atoms with E-state index in [1.54, 1.807) is 0 Å². The lowest BCUT2D eigenvalue weighted by Crippen LogP contribution is -2.51. The fraction of sp³-hybridized carbons (Fsp3) is 0.900. The summed E-state index contributed by atoms with van der Waals surface area (Å²) in [5, 5.41) is 14.9. The summed E-state index contributed by atoms with van der Waals surface area (Å²) in [6, 6.07) is 0. The van der Waals surface area contributed by atoms with Crippen LogP contribution in [-0.2, 0) is 4.79 Å². The Morgan fingerprint density at radius 2 is 2.21 bits per heavy atom. The number of aliphatic hydroxyl groups is 1. The Bertz CT molecular complexity index is 222. The Morgan fingerprint density at radius 1 is 1.50 bits per heavy atom. The number of hydrogen-bond acceptors (Lipinski definition) is 3. The Morgan fingerprint density at radius 3 is 2.64 bits per heavy atom. The summed E-state index contributed by atoms with van der Waals surface area (Å²) in [4.78, 5) is 11.5. The highest BCUT2D eigenvalue weighted by molar-refractivity contribution is 5.80. The maximum atomic E-state index is 11.5. The first kappa shape index (κ1) is 9.93. The number of rotatable bonds is 5. The number of aliphatic hydroxyl groups excluding tert-OH is 1. The van der Waals surface area contributed by atoms with Crippen LogP contribution in [0.1, 0.15) is 19.3 Å². The van der Waals surface area contributed by atoms with Gasteiger partial charge in [0.1, 0.15) is 0 Å². The van der Waals surface area contributed by atoms with Gasteiger partial charge in [-0.1, -0.05) is 0 Å². The Kier molecular flexibility index (Phi) is 2.74. The van der Waals surface area contributed by atoms with Gasteiger partial charge in [-0.15, -0.1) is 0 Å². The van der Waals surface area contributed by atoms with Crippen molar-refractivity contribution < 1.29 is 9.90 Å². The van der Waals surface area contributed by atoms with Gasteiger partial charge in [0.25, 0.3) is 0 Å². The summed E-state index contributed by atoms with van der Waals surface area (Å²) in [6.45, 7) is 2.63. The minimum Gasteiger partial charge on any atom is -0.396 e. The van der Waals surface area contributed by atoms with Crippen molar-refractivity contribution in [3.8, 4) is 0 Å². The van der Waals surface area contributed by atoms with Gasteiger partial charge in [0, 0.05) is 26.2 Å². The zero-order valence-corrected chi connectivity index (χ0v) is 8.38. The molecule has 0 spiro atoms. The SMILES string of the molecule is O=C(NCC1(CCO)CC1)C1CNC1. The number of carbonyl (C=O) groups is 1. The van der Waals surface area contributed by atoms with E-state index in [2.05, 4.69) is 10.6 Å². The average Bonchev–Trinajstić information content (AvgIpc) is 2.80. The minimum absolute atomic E-state index is 0.174. The molecule has 1 saturated carbocycles. The fourth-order valence-electron chi connectivity index (χ4n) is 1.82. The van der Waals surface area contributed by atoms with E-state index in [9.17, 15) is 4.79 Å². The molecule has 1 saturated heterocycles. The first-order valence-electron chi connectivity index (χ1n) is 5.35. The van der Waals surface area contributed by atoms with Crippen molar-refractivity contribution in [2.24, 2.45) is 11.3 Å². The molecule has 0 radical (unpaired) electrons. The van der Waals surface area contributed by atoms with Gasteiger partial charge in [-0.2, -0.15) is 0 Å². The second-order valence-electron chi connectivity index (χ2n) is 4.55. The monoisotopic (exact) mass is 198 g/mol. The van der Waals surface area contributed by atoms with Crippen molar-refractivity contribution in [1.82, 2.24) is 10.6 Å². The quantitative estimate of drug-likeness (QED) is 0.557.